The minimum absolute atomic E-state index is 0.313. The molecule has 0 atom stereocenters. The zero-order chi connectivity index (χ0) is 17.3. The van der Waals surface area contributed by atoms with Crippen molar-refractivity contribution < 1.29 is 24.5 Å². The minimum atomic E-state index is -1.30. The van der Waals surface area contributed by atoms with E-state index in [1.807, 2.05) is 0 Å². The molecule has 0 aliphatic rings. The first kappa shape index (κ1) is 16.1. The number of rotatable bonds is 4. The molecule has 0 bridgehead atoms. The summed E-state index contributed by atoms with van der Waals surface area (Å²) in [6, 6.07) is 12.0. The summed E-state index contributed by atoms with van der Waals surface area (Å²) in [5.41, 5.74) is -0.404. The summed E-state index contributed by atoms with van der Waals surface area (Å²) in [7, 11) is 1.58. The van der Waals surface area contributed by atoms with Gasteiger partial charge < -0.3 is 19.7 Å². The average Bonchev–Trinajstić information content (AvgIpc) is 2.58. The van der Waals surface area contributed by atoms with Gasteiger partial charge in [-0.15, -0.1) is 0 Å². The van der Waals surface area contributed by atoms with Crippen LogP contribution in [0.15, 0.2) is 47.1 Å². The number of carbonyl (C=O) groups is 1. The van der Waals surface area contributed by atoms with E-state index in [4.69, 9.17) is 14.6 Å². The van der Waals surface area contributed by atoms with E-state index in [9.17, 15) is 9.90 Å². The van der Waals surface area contributed by atoms with Gasteiger partial charge in [-0.3, -0.25) is 0 Å². The molecule has 6 nitrogen and oxygen atoms in total. The fraction of sp³-hybridized carbons (Fsp3) is 0.0588. The highest BCUT2D eigenvalue weighted by molar-refractivity contribution is 9.10. The molecule has 0 saturated carbocycles. The van der Waals surface area contributed by atoms with Gasteiger partial charge in [0.2, 0.25) is 0 Å². The summed E-state index contributed by atoms with van der Waals surface area (Å²) < 4.78 is 11.2. The van der Waals surface area contributed by atoms with Crippen LogP contribution in [0.25, 0.3) is 10.8 Å². The van der Waals surface area contributed by atoms with Crippen LogP contribution in [0.1, 0.15) is 10.5 Å². The van der Waals surface area contributed by atoms with Crippen LogP contribution in [0.3, 0.4) is 0 Å². The highest BCUT2D eigenvalue weighted by atomic mass is 79.9. The predicted molar refractivity (Wildman–Crippen MR) is 91.1 cm³/mol. The molecule has 0 saturated heterocycles. The van der Waals surface area contributed by atoms with E-state index in [0.717, 1.165) is 5.75 Å². The lowest BCUT2D eigenvalue weighted by Gasteiger charge is -2.10. The lowest BCUT2D eigenvalue weighted by molar-refractivity contribution is 0.0687. The molecule has 0 aliphatic heterocycles. The van der Waals surface area contributed by atoms with E-state index in [1.165, 1.54) is 0 Å². The van der Waals surface area contributed by atoms with Crippen LogP contribution in [-0.2, 0) is 0 Å². The van der Waals surface area contributed by atoms with Crippen molar-refractivity contribution in [3.8, 4) is 23.0 Å². The first-order chi connectivity index (χ1) is 11.5. The standard InChI is InChI=1S/C17H12BrNO5/c1-23-9-2-4-10(5-3-9)24-11-6-7-12-13(8-11)16(18)19-14(15(12)20)17(21)22/h2-8,20H,1H3,(H,21,22). The van der Waals surface area contributed by atoms with Gasteiger partial charge in [0.25, 0.3) is 0 Å². The van der Waals surface area contributed by atoms with E-state index in [1.54, 1.807) is 49.6 Å². The van der Waals surface area contributed by atoms with Gasteiger partial charge in [0.1, 0.15) is 21.9 Å². The fourth-order valence-electron chi connectivity index (χ4n) is 2.23. The molecule has 0 radical (unpaired) electrons. The Labute approximate surface area is 145 Å². The summed E-state index contributed by atoms with van der Waals surface area (Å²) >= 11 is 3.23. The van der Waals surface area contributed by atoms with Crippen LogP contribution in [0.2, 0.25) is 0 Å². The first-order valence-electron chi connectivity index (χ1n) is 6.87. The van der Waals surface area contributed by atoms with Gasteiger partial charge >= 0.3 is 5.97 Å². The van der Waals surface area contributed by atoms with Crippen molar-refractivity contribution in [2.45, 2.75) is 0 Å². The van der Waals surface area contributed by atoms with E-state index >= 15 is 0 Å². The van der Waals surface area contributed by atoms with Crippen molar-refractivity contribution in [1.29, 1.82) is 0 Å². The number of halogens is 1. The molecule has 1 heterocycles. The van der Waals surface area contributed by atoms with Crippen LogP contribution >= 0.6 is 15.9 Å². The number of pyridine rings is 1. The third-order valence-corrected chi connectivity index (χ3v) is 4.00. The van der Waals surface area contributed by atoms with E-state index in [2.05, 4.69) is 20.9 Å². The number of hydrogen-bond donors (Lipinski definition) is 2. The smallest absolute Gasteiger partial charge is 0.358 e. The number of benzene rings is 2. The molecule has 1 aromatic heterocycles. The third-order valence-electron chi connectivity index (χ3n) is 3.40. The molecular weight excluding hydrogens is 378 g/mol. The molecule has 0 fully saturated rings. The summed E-state index contributed by atoms with van der Waals surface area (Å²) in [4.78, 5) is 15.0. The number of aromatic nitrogens is 1. The van der Waals surface area contributed by atoms with Crippen LogP contribution in [-0.4, -0.2) is 28.3 Å². The molecule has 7 heteroatoms. The van der Waals surface area contributed by atoms with Crippen LogP contribution < -0.4 is 9.47 Å². The largest absolute Gasteiger partial charge is 0.505 e. The Morgan fingerprint density at radius 3 is 2.29 bits per heavy atom. The van der Waals surface area contributed by atoms with Gasteiger partial charge in [-0.1, -0.05) is 0 Å². The van der Waals surface area contributed by atoms with Crippen LogP contribution in [0, 0.1) is 0 Å². The van der Waals surface area contributed by atoms with E-state index < -0.39 is 11.7 Å². The first-order valence-corrected chi connectivity index (χ1v) is 7.66. The topological polar surface area (TPSA) is 88.9 Å². The number of ether oxygens (including phenoxy) is 2. The molecule has 0 spiro atoms. The maximum Gasteiger partial charge on any atom is 0.358 e. The molecule has 0 amide bonds. The summed E-state index contributed by atoms with van der Waals surface area (Å²) in [6.07, 6.45) is 0. The van der Waals surface area contributed by atoms with Crippen molar-refractivity contribution in [3.05, 3.63) is 52.8 Å². The predicted octanol–water partition coefficient (Wildman–Crippen LogP) is 4.20. The van der Waals surface area contributed by atoms with Gasteiger partial charge in [0.15, 0.2) is 11.4 Å². The second-order valence-corrected chi connectivity index (χ2v) is 5.64. The maximum atomic E-state index is 11.1. The number of fused-ring (bicyclic) bond motifs is 1. The Morgan fingerprint density at radius 1 is 1.04 bits per heavy atom. The van der Waals surface area contributed by atoms with Crippen LogP contribution in [0.4, 0.5) is 0 Å². The second-order valence-electron chi connectivity index (χ2n) is 4.89. The average molecular weight is 390 g/mol. The molecule has 0 unspecified atom stereocenters. The minimum Gasteiger partial charge on any atom is -0.505 e. The van der Waals surface area contributed by atoms with Crippen molar-refractivity contribution in [2.75, 3.05) is 7.11 Å². The number of carboxylic acid groups (broad SMARTS) is 1. The molecule has 2 aromatic carbocycles. The highest BCUT2D eigenvalue weighted by Gasteiger charge is 2.18. The number of aromatic carboxylic acids is 1. The monoisotopic (exact) mass is 389 g/mol. The number of nitrogens with zero attached hydrogens (tertiary/aromatic N) is 1. The van der Waals surface area contributed by atoms with Gasteiger partial charge in [-0.2, -0.15) is 0 Å². The van der Waals surface area contributed by atoms with Crippen molar-refractivity contribution in [3.63, 3.8) is 0 Å². The summed E-state index contributed by atoms with van der Waals surface area (Å²) in [5, 5.41) is 20.0. The number of carboxylic acids is 1. The number of aromatic hydroxyl groups is 1. The van der Waals surface area contributed by atoms with E-state index in [0.29, 0.717) is 26.9 Å². The van der Waals surface area contributed by atoms with Gasteiger partial charge in [-0.25, -0.2) is 9.78 Å². The quantitative estimate of drug-likeness (QED) is 0.649. The van der Waals surface area contributed by atoms with Gasteiger partial charge in [0.05, 0.1) is 7.11 Å². The molecule has 122 valence electrons. The Kier molecular flexibility index (Phi) is 4.26. The third kappa shape index (κ3) is 2.98. The molecular formula is C17H12BrNO5. The Morgan fingerprint density at radius 2 is 1.67 bits per heavy atom. The molecule has 3 rings (SSSR count). The Balaban J connectivity index is 2.00. The normalized spacial score (nSPS) is 10.6. The summed E-state index contributed by atoms with van der Waals surface area (Å²) in [6.45, 7) is 0. The van der Waals surface area contributed by atoms with Gasteiger partial charge in [0, 0.05) is 10.8 Å². The molecule has 0 aliphatic carbocycles. The Bertz CT molecular complexity index is 924. The van der Waals surface area contributed by atoms with Gasteiger partial charge in [-0.05, 0) is 58.4 Å². The lowest BCUT2D eigenvalue weighted by atomic mass is 10.1. The maximum absolute atomic E-state index is 11.1. The second kappa shape index (κ2) is 6.37. The molecule has 2 N–H and O–H groups in total. The lowest BCUT2D eigenvalue weighted by Crippen LogP contribution is -2.01. The molecule has 3 aromatic rings. The van der Waals surface area contributed by atoms with Crippen molar-refractivity contribution in [1.82, 2.24) is 4.98 Å². The number of methoxy groups -OCH3 is 1. The Hall–Kier alpha value is -2.80. The SMILES string of the molecule is COc1ccc(Oc2ccc3c(O)c(C(=O)O)nc(Br)c3c2)cc1. The molecule has 24 heavy (non-hydrogen) atoms. The zero-order valence-corrected chi connectivity index (χ0v) is 14.1. The fourth-order valence-corrected chi connectivity index (χ4v) is 2.74. The van der Waals surface area contributed by atoms with E-state index in [-0.39, 0.29) is 5.75 Å². The summed E-state index contributed by atoms with van der Waals surface area (Å²) in [5.74, 6) is 0.188. The van der Waals surface area contributed by atoms with Crippen LogP contribution in [0.5, 0.6) is 23.0 Å². The van der Waals surface area contributed by atoms with Crippen molar-refractivity contribution >= 4 is 32.7 Å². The number of hydrogen-bond acceptors (Lipinski definition) is 5. The zero-order valence-electron chi connectivity index (χ0n) is 12.5. The van der Waals surface area contributed by atoms with Crippen molar-refractivity contribution in [2.24, 2.45) is 0 Å². The highest BCUT2D eigenvalue weighted by Crippen LogP contribution is 2.35.